The van der Waals surface area contributed by atoms with Crippen molar-refractivity contribution in [2.75, 3.05) is 45.9 Å². The number of hydrogen-bond donors (Lipinski definition) is 1. The fourth-order valence-electron chi connectivity index (χ4n) is 3.06. The number of nitrogens with one attached hydrogen (secondary N) is 1. The van der Waals surface area contributed by atoms with Crippen LogP contribution < -0.4 is 5.32 Å². The largest absolute Gasteiger partial charge is 0.378 e. The number of carbonyl (C=O) groups is 1. The second-order valence-electron chi connectivity index (χ2n) is 6.04. The molecule has 27 heavy (non-hydrogen) atoms. The van der Waals surface area contributed by atoms with Gasteiger partial charge in [0, 0.05) is 38.8 Å². The molecule has 2 aliphatic heterocycles. The molecule has 2 fully saturated rings. The van der Waals surface area contributed by atoms with Gasteiger partial charge in [-0.25, -0.2) is 8.42 Å². The van der Waals surface area contributed by atoms with Gasteiger partial charge in [0.2, 0.25) is 15.9 Å². The number of para-hydroxylation sites is 1. The molecule has 2 saturated heterocycles. The molecule has 1 aromatic carbocycles. The Bertz CT molecular complexity index is 791. The van der Waals surface area contributed by atoms with Crippen LogP contribution in [0.4, 0.5) is 5.69 Å². The van der Waals surface area contributed by atoms with E-state index in [2.05, 4.69) is 5.32 Å². The lowest BCUT2D eigenvalue weighted by molar-refractivity contribution is -0.387. The summed E-state index contributed by atoms with van der Waals surface area (Å²) in [5, 5.41) is 14.2. The highest BCUT2D eigenvalue weighted by Gasteiger charge is 2.35. The van der Waals surface area contributed by atoms with E-state index in [1.807, 2.05) is 0 Å². The molecule has 1 amide bonds. The van der Waals surface area contributed by atoms with Crippen LogP contribution >= 0.6 is 12.4 Å². The summed E-state index contributed by atoms with van der Waals surface area (Å²) in [7, 11) is -4.00. The minimum atomic E-state index is -4.00. The molecule has 12 heteroatoms. The highest BCUT2D eigenvalue weighted by molar-refractivity contribution is 7.89. The number of sulfonamides is 1. The second-order valence-corrected chi connectivity index (χ2v) is 7.94. The fourth-order valence-corrected chi connectivity index (χ4v) is 4.64. The van der Waals surface area contributed by atoms with Gasteiger partial charge < -0.3 is 15.0 Å². The summed E-state index contributed by atoms with van der Waals surface area (Å²) in [5.74, 6) is -0.118. The van der Waals surface area contributed by atoms with Crippen molar-refractivity contribution in [2.24, 2.45) is 0 Å². The van der Waals surface area contributed by atoms with Crippen molar-refractivity contribution in [1.82, 2.24) is 14.5 Å². The predicted molar refractivity (Wildman–Crippen MR) is 98.3 cm³/mol. The molecule has 3 rings (SSSR count). The van der Waals surface area contributed by atoms with Crippen molar-refractivity contribution < 1.29 is 22.9 Å². The van der Waals surface area contributed by atoms with Gasteiger partial charge in [0.15, 0.2) is 4.90 Å². The van der Waals surface area contributed by atoms with Crippen LogP contribution in [-0.2, 0) is 19.6 Å². The summed E-state index contributed by atoms with van der Waals surface area (Å²) in [6.45, 7) is 2.11. The number of piperazine rings is 1. The monoisotopic (exact) mass is 420 g/mol. The molecular weight excluding hydrogens is 400 g/mol. The van der Waals surface area contributed by atoms with E-state index in [0.717, 1.165) is 0 Å². The summed E-state index contributed by atoms with van der Waals surface area (Å²) in [4.78, 5) is 24.1. The van der Waals surface area contributed by atoms with E-state index in [4.69, 9.17) is 4.74 Å². The number of carbonyl (C=O) groups excluding carboxylic acids is 1. The lowest BCUT2D eigenvalue weighted by atomic mass is 10.2. The van der Waals surface area contributed by atoms with Gasteiger partial charge in [0.1, 0.15) is 6.04 Å². The average Bonchev–Trinajstić information content (AvgIpc) is 2.68. The third-order valence-corrected chi connectivity index (χ3v) is 6.40. The molecule has 2 aliphatic rings. The molecule has 0 aliphatic carbocycles. The number of benzene rings is 1. The summed E-state index contributed by atoms with van der Waals surface area (Å²) < 4.78 is 32.0. The molecule has 0 bridgehead atoms. The van der Waals surface area contributed by atoms with Gasteiger partial charge in [-0.1, -0.05) is 12.1 Å². The first kappa shape index (κ1) is 21.5. The Morgan fingerprint density at radius 1 is 1.22 bits per heavy atom. The smallest absolute Gasteiger partial charge is 0.289 e. The van der Waals surface area contributed by atoms with Crippen molar-refractivity contribution in [3.63, 3.8) is 0 Å². The molecule has 2 heterocycles. The first-order chi connectivity index (χ1) is 12.4. The van der Waals surface area contributed by atoms with Gasteiger partial charge in [-0.2, -0.15) is 4.31 Å². The molecule has 0 saturated carbocycles. The number of amides is 1. The number of halogens is 1. The normalized spacial score (nSPS) is 21.3. The van der Waals surface area contributed by atoms with Crippen LogP contribution in [0, 0.1) is 10.1 Å². The van der Waals surface area contributed by atoms with Crippen molar-refractivity contribution in [3.8, 4) is 0 Å². The Morgan fingerprint density at radius 3 is 2.48 bits per heavy atom. The first-order valence-electron chi connectivity index (χ1n) is 8.25. The van der Waals surface area contributed by atoms with E-state index in [1.165, 1.54) is 28.6 Å². The molecule has 1 aromatic rings. The quantitative estimate of drug-likeness (QED) is 0.530. The van der Waals surface area contributed by atoms with Gasteiger partial charge in [0.25, 0.3) is 5.69 Å². The lowest BCUT2D eigenvalue weighted by Crippen LogP contribution is -2.57. The number of morpholine rings is 1. The van der Waals surface area contributed by atoms with Crippen LogP contribution in [0.25, 0.3) is 0 Å². The van der Waals surface area contributed by atoms with Crippen molar-refractivity contribution in [3.05, 3.63) is 34.4 Å². The maximum atomic E-state index is 12.8. The maximum Gasteiger partial charge on any atom is 0.289 e. The van der Waals surface area contributed by atoms with Crippen LogP contribution in [0.3, 0.4) is 0 Å². The zero-order valence-corrected chi connectivity index (χ0v) is 16.1. The maximum absolute atomic E-state index is 12.8. The number of nitro benzene ring substituents is 1. The molecule has 0 spiro atoms. The zero-order chi connectivity index (χ0) is 18.7. The Labute approximate surface area is 163 Å². The van der Waals surface area contributed by atoms with Gasteiger partial charge in [-0.05, 0) is 6.07 Å². The summed E-state index contributed by atoms with van der Waals surface area (Å²) >= 11 is 0. The van der Waals surface area contributed by atoms with E-state index in [-0.39, 0.29) is 49.4 Å². The summed E-state index contributed by atoms with van der Waals surface area (Å²) in [6.07, 6.45) is 0. The van der Waals surface area contributed by atoms with Crippen LogP contribution in [0.1, 0.15) is 0 Å². The molecule has 0 radical (unpaired) electrons. The van der Waals surface area contributed by atoms with Crippen LogP contribution in [0.5, 0.6) is 0 Å². The summed E-state index contributed by atoms with van der Waals surface area (Å²) in [5.41, 5.74) is -0.449. The molecule has 150 valence electrons. The van der Waals surface area contributed by atoms with Gasteiger partial charge >= 0.3 is 0 Å². The SMILES string of the molecule is Cl.O=C(C1COCCN1)N1CCN(S(=O)(=O)c2ccccc2[N+](=O)[O-])CC1. The number of nitro groups is 1. The minimum Gasteiger partial charge on any atom is -0.378 e. The number of hydrogen-bond acceptors (Lipinski definition) is 7. The van der Waals surface area contributed by atoms with E-state index in [0.29, 0.717) is 19.8 Å². The highest BCUT2D eigenvalue weighted by Crippen LogP contribution is 2.27. The molecule has 0 aromatic heterocycles. The molecule has 1 N–H and O–H groups in total. The first-order valence-corrected chi connectivity index (χ1v) is 9.69. The third kappa shape index (κ3) is 4.55. The summed E-state index contributed by atoms with van der Waals surface area (Å²) in [6, 6.07) is 4.86. The van der Waals surface area contributed by atoms with Crippen LogP contribution in [0.15, 0.2) is 29.2 Å². The van der Waals surface area contributed by atoms with Crippen molar-refractivity contribution >= 4 is 34.0 Å². The number of rotatable bonds is 4. The molecule has 10 nitrogen and oxygen atoms in total. The van der Waals surface area contributed by atoms with E-state index in [1.54, 1.807) is 4.90 Å². The van der Waals surface area contributed by atoms with Crippen LogP contribution in [-0.4, -0.2) is 80.4 Å². The molecule has 1 unspecified atom stereocenters. The van der Waals surface area contributed by atoms with Gasteiger partial charge in [-0.3, -0.25) is 14.9 Å². The molecular formula is C15H21ClN4O6S. The van der Waals surface area contributed by atoms with Crippen LogP contribution in [0.2, 0.25) is 0 Å². The van der Waals surface area contributed by atoms with Crippen molar-refractivity contribution in [2.45, 2.75) is 10.9 Å². The minimum absolute atomic E-state index is 0. The standard InChI is InChI=1S/C15H20N4O6S.ClH/c20-15(12-11-25-10-5-16-12)17-6-8-18(9-7-17)26(23,24)14-4-2-1-3-13(14)19(21)22;/h1-4,12,16H,5-11H2;1H. The molecule has 1 atom stereocenters. The third-order valence-electron chi connectivity index (χ3n) is 4.45. The predicted octanol–water partition coefficient (Wildman–Crippen LogP) is -0.162. The fraction of sp³-hybridized carbons (Fsp3) is 0.533. The Hall–Kier alpha value is -1.79. The topological polar surface area (TPSA) is 122 Å². The van der Waals surface area contributed by atoms with E-state index in [9.17, 15) is 23.3 Å². The van der Waals surface area contributed by atoms with Gasteiger partial charge in [-0.15, -0.1) is 12.4 Å². The highest BCUT2D eigenvalue weighted by atomic mass is 35.5. The van der Waals surface area contributed by atoms with E-state index < -0.39 is 26.7 Å². The second kappa shape index (κ2) is 8.93. The average molecular weight is 421 g/mol. The number of nitrogens with zero attached hydrogens (tertiary/aromatic N) is 3. The van der Waals surface area contributed by atoms with E-state index >= 15 is 0 Å². The van der Waals surface area contributed by atoms with Gasteiger partial charge in [0.05, 0.1) is 18.1 Å². The number of ether oxygens (including phenoxy) is 1. The Morgan fingerprint density at radius 2 is 1.89 bits per heavy atom. The Balaban J connectivity index is 0.00000261. The zero-order valence-electron chi connectivity index (χ0n) is 14.4. The lowest BCUT2D eigenvalue weighted by Gasteiger charge is -2.36. The Kier molecular flexibility index (Phi) is 7.12. The van der Waals surface area contributed by atoms with Crippen molar-refractivity contribution in [1.29, 1.82) is 0 Å².